The number of fused-ring (bicyclic) bond motifs is 1. The first-order valence-corrected chi connectivity index (χ1v) is 11.2. The number of aromatic amines is 1. The molecular weight excluding hydrogens is 442 g/mol. The van der Waals surface area contributed by atoms with Crippen LogP contribution >= 0.6 is 15.9 Å². The van der Waals surface area contributed by atoms with Crippen LogP contribution in [0.5, 0.6) is 5.75 Å². The number of aromatic hydroxyl groups is 1. The van der Waals surface area contributed by atoms with E-state index in [0.717, 1.165) is 46.0 Å². The highest BCUT2D eigenvalue weighted by Crippen LogP contribution is 2.45. The predicted octanol–water partition coefficient (Wildman–Crippen LogP) is 5.90. The third-order valence-corrected chi connectivity index (χ3v) is 6.22. The van der Waals surface area contributed by atoms with E-state index in [1.807, 2.05) is 43.0 Å². The zero-order valence-electron chi connectivity index (χ0n) is 17.5. The lowest BCUT2D eigenvalue weighted by atomic mass is 9.93. The first-order valence-electron chi connectivity index (χ1n) is 10.4. The van der Waals surface area contributed by atoms with Gasteiger partial charge < -0.3 is 10.0 Å². The molecule has 0 saturated carbocycles. The molecule has 0 fully saturated rings. The van der Waals surface area contributed by atoms with Crippen molar-refractivity contribution in [2.75, 3.05) is 6.54 Å². The number of phenolic OH excluding ortho intramolecular Hbond substituents is 1. The van der Waals surface area contributed by atoms with Crippen molar-refractivity contribution in [1.82, 2.24) is 15.1 Å². The molecule has 3 aromatic rings. The van der Waals surface area contributed by atoms with Gasteiger partial charge in [-0.25, -0.2) is 0 Å². The van der Waals surface area contributed by atoms with Gasteiger partial charge in [0.1, 0.15) is 17.1 Å². The summed E-state index contributed by atoms with van der Waals surface area (Å²) >= 11 is 3.57. The first kappa shape index (κ1) is 20.7. The highest BCUT2D eigenvalue weighted by atomic mass is 79.9. The Hall–Kier alpha value is -2.60. The summed E-state index contributed by atoms with van der Waals surface area (Å²) in [6.45, 7) is 6.76. The Kier molecular flexibility index (Phi) is 5.69. The predicted molar refractivity (Wildman–Crippen MR) is 122 cm³/mol. The van der Waals surface area contributed by atoms with Gasteiger partial charge in [-0.1, -0.05) is 53.9 Å². The van der Waals surface area contributed by atoms with Crippen molar-refractivity contribution in [1.29, 1.82) is 0 Å². The molecule has 0 spiro atoms. The van der Waals surface area contributed by atoms with Crippen molar-refractivity contribution < 1.29 is 9.90 Å². The van der Waals surface area contributed by atoms with Crippen molar-refractivity contribution >= 4 is 21.8 Å². The van der Waals surface area contributed by atoms with E-state index in [-0.39, 0.29) is 17.7 Å². The third-order valence-electron chi connectivity index (χ3n) is 5.73. The maximum absolute atomic E-state index is 13.3. The molecule has 0 saturated heterocycles. The molecule has 2 aromatic carbocycles. The van der Waals surface area contributed by atoms with Gasteiger partial charge in [0.25, 0.3) is 5.91 Å². The SMILES string of the molecule is CCCCCN1C(=O)c2[nH]nc(-c3c(C)cc(C)cc3O)c2C1c1cccc(Br)c1. The average Bonchev–Trinajstić information content (AvgIpc) is 3.21. The molecule has 4 rings (SSSR count). The number of hydrogen-bond acceptors (Lipinski definition) is 3. The van der Waals surface area contributed by atoms with Gasteiger partial charge in [0.15, 0.2) is 0 Å². The lowest BCUT2D eigenvalue weighted by Crippen LogP contribution is -2.30. The van der Waals surface area contributed by atoms with E-state index >= 15 is 0 Å². The fraction of sp³-hybridized carbons (Fsp3) is 0.333. The van der Waals surface area contributed by atoms with Crippen molar-refractivity contribution in [3.05, 3.63) is 68.8 Å². The van der Waals surface area contributed by atoms with Gasteiger partial charge >= 0.3 is 0 Å². The highest BCUT2D eigenvalue weighted by Gasteiger charge is 2.42. The molecule has 0 bridgehead atoms. The summed E-state index contributed by atoms with van der Waals surface area (Å²) in [6, 6.07) is 11.6. The first-order chi connectivity index (χ1) is 14.4. The number of phenols is 1. The normalized spacial score (nSPS) is 15.7. The van der Waals surface area contributed by atoms with Gasteiger partial charge in [-0.2, -0.15) is 5.10 Å². The number of H-pyrrole nitrogens is 1. The number of benzene rings is 2. The van der Waals surface area contributed by atoms with Gasteiger partial charge in [0.2, 0.25) is 0 Å². The Morgan fingerprint density at radius 2 is 2.00 bits per heavy atom. The molecule has 1 aliphatic rings. The Balaban J connectivity index is 1.88. The molecule has 156 valence electrons. The van der Waals surface area contributed by atoms with Crippen LogP contribution in [0.1, 0.15) is 65.0 Å². The lowest BCUT2D eigenvalue weighted by Gasteiger charge is -2.26. The topological polar surface area (TPSA) is 69.2 Å². The van der Waals surface area contributed by atoms with E-state index in [2.05, 4.69) is 39.1 Å². The Morgan fingerprint density at radius 3 is 2.70 bits per heavy atom. The summed E-state index contributed by atoms with van der Waals surface area (Å²) in [5.74, 6) is 0.153. The van der Waals surface area contributed by atoms with E-state index in [4.69, 9.17) is 0 Å². The van der Waals surface area contributed by atoms with Gasteiger partial charge in [0, 0.05) is 22.1 Å². The van der Waals surface area contributed by atoms with E-state index in [9.17, 15) is 9.90 Å². The van der Waals surface area contributed by atoms with Gasteiger partial charge in [-0.3, -0.25) is 9.89 Å². The highest BCUT2D eigenvalue weighted by molar-refractivity contribution is 9.10. The smallest absolute Gasteiger partial charge is 0.273 e. The number of rotatable bonds is 6. The summed E-state index contributed by atoms with van der Waals surface area (Å²) in [7, 11) is 0. The molecule has 30 heavy (non-hydrogen) atoms. The minimum atomic E-state index is -0.240. The van der Waals surface area contributed by atoms with Crippen LogP contribution < -0.4 is 0 Å². The van der Waals surface area contributed by atoms with E-state index in [1.165, 1.54) is 0 Å². The summed E-state index contributed by atoms with van der Waals surface area (Å²) in [6.07, 6.45) is 3.12. The van der Waals surface area contributed by atoms with Crippen LogP contribution in [-0.2, 0) is 0 Å². The number of aryl methyl sites for hydroxylation is 2. The minimum absolute atomic E-state index is 0.0333. The maximum Gasteiger partial charge on any atom is 0.273 e. The van der Waals surface area contributed by atoms with Crippen molar-refractivity contribution in [2.45, 2.75) is 46.1 Å². The fourth-order valence-corrected chi connectivity index (χ4v) is 4.84. The van der Waals surface area contributed by atoms with Gasteiger partial charge in [-0.05, 0) is 55.2 Å². The number of carbonyl (C=O) groups excluding carboxylic acids is 1. The third kappa shape index (κ3) is 3.54. The zero-order chi connectivity index (χ0) is 21.4. The fourth-order valence-electron chi connectivity index (χ4n) is 4.43. The molecule has 0 radical (unpaired) electrons. The number of aromatic nitrogens is 2. The second-order valence-electron chi connectivity index (χ2n) is 8.00. The number of unbranched alkanes of at least 4 members (excludes halogenated alkanes) is 2. The maximum atomic E-state index is 13.3. The molecule has 2 heterocycles. The average molecular weight is 468 g/mol. The number of hydrogen-bond donors (Lipinski definition) is 2. The van der Waals surface area contributed by atoms with Crippen LogP contribution in [0.3, 0.4) is 0 Å². The molecule has 1 aliphatic heterocycles. The summed E-state index contributed by atoms with van der Waals surface area (Å²) in [4.78, 5) is 15.2. The molecular formula is C24H26BrN3O2. The van der Waals surface area contributed by atoms with Crippen molar-refractivity contribution in [3.8, 4) is 17.0 Å². The molecule has 1 amide bonds. The van der Waals surface area contributed by atoms with Crippen LogP contribution in [0.15, 0.2) is 40.9 Å². The quantitative estimate of drug-likeness (QED) is 0.443. The second kappa shape index (κ2) is 8.26. The van der Waals surface area contributed by atoms with Gasteiger partial charge in [0.05, 0.1) is 6.04 Å². The Bertz CT molecular complexity index is 1080. The van der Waals surface area contributed by atoms with E-state index < -0.39 is 0 Å². The number of nitrogens with one attached hydrogen (secondary N) is 1. The summed E-state index contributed by atoms with van der Waals surface area (Å²) < 4.78 is 0.966. The van der Waals surface area contributed by atoms with Crippen molar-refractivity contribution in [2.24, 2.45) is 0 Å². The molecule has 1 atom stereocenters. The largest absolute Gasteiger partial charge is 0.507 e. The molecule has 6 heteroatoms. The van der Waals surface area contributed by atoms with Gasteiger partial charge in [-0.15, -0.1) is 0 Å². The van der Waals surface area contributed by atoms with Crippen LogP contribution in [-0.4, -0.2) is 32.7 Å². The van der Waals surface area contributed by atoms with Crippen molar-refractivity contribution in [3.63, 3.8) is 0 Å². The number of halogens is 1. The second-order valence-corrected chi connectivity index (χ2v) is 8.92. The van der Waals surface area contributed by atoms with Crippen LogP contribution in [0.4, 0.5) is 0 Å². The Morgan fingerprint density at radius 1 is 1.20 bits per heavy atom. The molecule has 2 N–H and O–H groups in total. The number of amides is 1. The van der Waals surface area contributed by atoms with Crippen LogP contribution in [0.2, 0.25) is 0 Å². The standard InChI is InChI=1S/C24H26BrN3O2/c1-4-5-6-10-28-23(16-8-7-9-17(25)13-16)20-21(26-27-22(20)24(28)30)19-15(3)11-14(2)12-18(19)29/h7-9,11-13,23,29H,4-6,10H2,1-3H3,(H,26,27). The van der Waals surface area contributed by atoms with E-state index in [0.29, 0.717) is 23.5 Å². The molecule has 5 nitrogen and oxygen atoms in total. The van der Waals surface area contributed by atoms with Crippen LogP contribution in [0.25, 0.3) is 11.3 Å². The lowest BCUT2D eigenvalue weighted by molar-refractivity contribution is 0.0740. The van der Waals surface area contributed by atoms with Crippen LogP contribution in [0, 0.1) is 13.8 Å². The monoisotopic (exact) mass is 467 g/mol. The molecule has 1 aromatic heterocycles. The zero-order valence-corrected chi connectivity index (χ0v) is 19.1. The minimum Gasteiger partial charge on any atom is -0.507 e. The number of carbonyl (C=O) groups is 1. The molecule has 0 aliphatic carbocycles. The van der Waals surface area contributed by atoms with E-state index in [1.54, 1.807) is 6.07 Å². The molecule has 1 unspecified atom stereocenters. The number of nitrogens with zero attached hydrogens (tertiary/aromatic N) is 2. The Labute approximate surface area is 185 Å². The summed E-state index contributed by atoms with van der Waals surface area (Å²) in [5.41, 5.74) is 5.65. The summed E-state index contributed by atoms with van der Waals surface area (Å²) in [5, 5.41) is 18.2.